The zero-order valence-corrected chi connectivity index (χ0v) is 11.3. The van der Waals surface area contributed by atoms with E-state index in [1.54, 1.807) is 12.1 Å². The number of rotatable bonds is 5. The lowest BCUT2D eigenvalue weighted by atomic mass is 10.1. The van der Waals surface area contributed by atoms with Crippen molar-refractivity contribution < 1.29 is 14.3 Å². The number of ether oxygens (including phenoxy) is 2. The fourth-order valence-electron chi connectivity index (χ4n) is 1.79. The second kappa shape index (κ2) is 6.73. The SMILES string of the molecule is COC(=O)c1cccc(COc2ccc(CN)cc2)c1. The predicted octanol–water partition coefficient (Wildman–Crippen LogP) is 2.51. The van der Waals surface area contributed by atoms with Crippen LogP contribution in [0.3, 0.4) is 0 Å². The molecule has 0 fully saturated rings. The third-order valence-corrected chi connectivity index (χ3v) is 2.91. The van der Waals surface area contributed by atoms with Crippen molar-refractivity contribution in [3.63, 3.8) is 0 Å². The first kappa shape index (κ1) is 14.1. The summed E-state index contributed by atoms with van der Waals surface area (Å²) >= 11 is 0. The van der Waals surface area contributed by atoms with E-state index in [9.17, 15) is 4.79 Å². The Bertz CT molecular complexity index is 579. The van der Waals surface area contributed by atoms with Gasteiger partial charge in [0.25, 0.3) is 0 Å². The van der Waals surface area contributed by atoms with Crippen molar-refractivity contribution in [1.82, 2.24) is 0 Å². The van der Waals surface area contributed by atoms with E-state index in [4.69, 9.17) is 10.5 Å². The van der Waals surface area contributed by atoms with Crippen molar-refractivity contribution in [1.29, 1.82) is 0 Å². The molecule has 0 aliphatic rings. The van der Waals surface area contributed by atoms with Crippen LogP contribution in [0.1, 0.15) is 21.5 Å². The van der Waals surface area contributed by atoms with Gasteiger partial charge in [0.2, 0.25) is 0 Å². The lowest BCUT2D eigenvalue weighted by Crippen LogP contribution is -2.03. The molecule has 0 unspecified atom stereocenters. The van der Waals surface area contributed by atoms with E-state index in [1.807, 2.05) is 36.4 Å². The number of hydrogen-bond acceptors (Lipinski definition) is 4. The molecule has 2 N–H and O–H groups in total. The molecule has 0 radical (unpaired) electrons. The predicted molar refractivity (Wildman–Crippen MR) is 76.4 cm³/mol. The lowest BCUT2D eigenvalue weighted by Gasteiger charge is -2.08. The molecule has 0 aliphatic carbocycles. The third kappa shape index (κ3) is 3.59. The smallest absolute Gasteiger partial charge is 0.337 e. The van der Waals surface area contributed by atoms with E-state index in [0.29, 0.717) is 18.7 Å². The number of hydrogen-bond donors (Lipinski definition) is 1. The summed E-state index contributed by atoms with van der Waals surface area (Å²) in [5.41, 5.74) is 8.03. The van der Waals surface area contributed by atoms with Gasteiger partial charge in [0.15, 0.2) is 0 Å². The average molecular weight is 271 g/mol. The monoisotopic (exact) mass is 271 g/mol. The molecule has 2 rings (SSSR count). The van der Waals surface area contributed by atoms with Crippen molar-refractivity contribution in [3.8, 4) is 5.75 Å². The Morgan fingerprint density at radius 3 is 2.50 bits per heavy atom. The highest BCUT2D eigenvalue weighted by Crippen LogP contribution is 2.15. The second-order valence-corrected chi connectivity index (χ2v) is 4.33. The summed E-state index contributed by atoms with van der Waals surface area (Å²) in [6.45, 7) is 0.911. The maximum Gasteiger partial charge on any atom is 0.337 e. The minimum atomic E-state index is -0.348. The van der Waals surface area contributed by atoms with Gasteiger partial charge >= 0.3 is 5.97 Å². The summed E-state index contributed by atoms with van der Waals surface area (Å²) in [4.78, 5) is 11.4. The second-order valence-electron chi connectivity index (χ2n) is 4.33. The Kier molecular flexibility index (Phi) is 4.74. The van der Waals surface area contributed by atoms with E-state index in [-0.39, 0.29) is 5.97 Å². The average Bonchev–Trinajstić information content (AvgIpc) is 2.53. The normalized spacial score (nSPS) is 10.1. The Morgan fingerprint density at radius 2 is 1.85 bits per heavy atom. The molecule has 104 valence electrons. The van der Waals surface area contributed by atoms with Crippen LogP contribution in [0.15, 0.2) is 48.5 Å². The molecule has 2 aromatic carbocycles. The number of methoxy groups -OCH3 is 1. The molecular formula is C16H17NO3. The summed E-state index contributed by atoms with van der Waals surface area (Å²) in [6, 6.07) is 14.8. The van der Waals surface area contributed by atoms with E-state index in [2.05, 4.69) is 4.74 Å². The van der Waals surface area contributed by atoms with Crippen LogP contribution in [-0.4, -0.2) is 13.1 Å². The summed E-state index contributed by atoms with van der Waals surface area (Å²) in [6.07, 6.45) is 0. The van der Waals surface area contributed by atoms with Gasteiger partial charge in [-0.05, 0) is 35.4 Å². The molecule has 0 aliphatic heterocycles. The van der Waals surface area contributed by atoms with Crippen LogP contribution in [0.5, 0.6) is 5.75 Å². The van der Waals surface area contributed by atoms with Crippen LogP contribution in [0.25, 0.3) is 0 Å². The van der Waals surface area contributed by atoms with Gasteiger partial charge in [-0.1, -0.05) is 24.3 Å². The number of esters is 1. The molecule has 4 heteroatoms. The van der Waals surface area contributed by atoms with Gasteiger partial charge < -0.3 is 15.2 Å². The van der Waals surface area contributed by atoms with Gasteiger partial charge in [-0.15, -0.1) is 0 Å². The largest absolute Gasteiger partial charge is 0.489 e. The highest BCUT2D eigenvalue weighted by molar-refractivity contribution is 5.89. The molecule has 0 saturated heterocycles. The Balaban J connectivity index is 2.01. The van der Waals surface area contributed by atoms with Crippen molar-refractivity contribution >= 4 is 5.97 Å². The highest BCUT2D eigenvalue weighted by Gasteiger charge is 2.05. The first-order valence-electron chi connectivity index (χ1n) is 6.32. The van der Waals surface area contributed by atoms with Crippen LogP contribution in [0.2, 0.25) is 0 Å². The molecular weight excluding hydrogens is 254 g/mol. The number of nitrogens with two attached hydrogens (primary N) is 1. The van der Waals surface area contributed by atoms with Gasteiger partial charge in [-0.25, -0.2) is 4.79 Å². The van der Waals surface area contributed by atoms with E-state index < -0.39 is 0 Å². The standard InChI is InChI=1S/C16H17NO3/c1-19-16(18)14-4-2-3-13(9-14)11-20-15-7-5-12(10-17)6-8-15/h2-9H,10-11,17H2,1H3. The van der Waals surface area contributed by atoms with Crippen LogP contribution in [0, 0.1) is 0 Å². The molecule has 0 bridgehead atoms. The minimum Gasteiger partial charge on any atom is -0.489 e. The molecule has 2 aromatic rings. The molecule has 0 spiro atoms. The Labute approximate surface area is 118 Å². The van der Waals surface area contributed by atoms with Gasteiger partial charge in [-0.3, -0.25) is 0 Å². The fourth-order valence-corrected chi connectivity index (χ4v) is 1.79. The van der Waals surface area contributed by atoms with E-state index in [1.165, 1.54) is 7.11 Å². The Morgan fingerprint density at radius 1 is 1.10 bits per heavy atom. The van der Waals surface area contributed by atoms with Crippen molar-refractivity contribution in [2.75, 3.05) is 7.11 Å². The van der Waals surface area contributed by atoms with Crippen LogP contribution in [0.4, 0.5) is 0 Å². The maximum atomic E-state index is 11.4. The minimum absolute atomic E-state index is 0.348. The summed E-state index contributed by atoms with van der Waals surface area (Å²) < 4.78 is 10.4. The lowest BCUT2D eigenvalue weighted by molar-refractivity contribution is 0.0600. The quantitative estimate of drug-likeness (QED) is 0.849. The zero-order chi connectivity index (χ0) is 14.4. The maximum absolute atomic E-state index is 11.4. The molecule has 4 nitrogen and oxygen atoms in total. The molecule has 20 heavy (non-hydrogen) atoms. The fraction of sp³-hybridized carbons (Fsp3) is 0.188. The first-order valence-corrected chi connectivity index (χ1v) is 6.32. The molecule has 0 amide bonds. The highest BCUT2D eigenvalue weighted by atomic mass is 16.5. The van der Waals surface area contributed by atoms with E-state index in [0.717, 1.165) is 16.9 Å². The molecule has 0 saturated carbocycles. The van der Waals surface area contributed by atoms with Gasteiger partial charge in [0.1, 0.15) is 12.4 Å². The number of carbonyl (C=O) groups is 1. The van der Waals surface area contributed by atoms with E-state index >= 15 is 0 Å². The van der Waals surface area contributed by atoms with Crippen molar-refractivity contribution in [2.45, 2.75) is 13.2 Å². The molecule has 0 heterocycles. The molecule has 0 aromatic heterocycles. The topological polar surface area (TPSA) is 61.5 Å². The third-order valence-electron chi connectivity index (χ3n) is 2.91. The van der Waals surface area contributed by atoms with Gasteiger partial charge in [0.05, 0.1) is 12.7 Å². The summed E-state index contributed by atoms with van der Waals surface area (Å²) in [5.74, 6) is 0.421. The number of benzene rings is 2. The Hall–Kier alpha value is -2.33. The van der Waals surface area contributed by atoms with Gasteiger partial charge in [0, 0.05) is 6.54 Å². The first-order chi connectivity index (χ1) is 9.72. The van der Waals surface area contributed by atoms with Crippen LogP contribution >= 0.6 is 0 Å². The summed E-state index contributed by atoms with van der Waals surface area (Å²) in [5, 5.41) is 0. The van der Waals surface area contributed by atoms with Gasteiger partial charge in [-0.2, -0.15) is 0 Å². The zero-order valence-electron chi connectivity index (χ0n) is 11.3. The van der Waals surface area contributed by atoms with Crippen LogP contribution in [-0.2, 0) is 17.9 Å². The summed E-state index contributed by atoms with van der Waals surface area (Å²) in [7, 11) is 1.37. The van der Waals surface area contributed by atoms with Crippen molar-refractivity contribution in [2.24, 2.45) is 5.73 Å². The van der Waals surface area contributed by atoms with Crippen molar-refractivity contribution in [3.05, 3.63) is 65.2 Å². The molecule has 0 atom stereocenters. The van der Waals surface area contributed by atoms with Crippen LogP contribution < -0.4 is 10.5 Å². The number of carbonyl (C=O) groups excluding carboxylic acids is 1.